The van der Waals surface area contributed by atoms with E-state index in [9.17, 15) is 13.2 Å². The number of nitrogens with one attached hydrogen (secondary N) is 2. The summed E-state index contributed by atoms with van der Waals surface area (Å²) in [7, 11) is -3.95. The maximum Gasteiger partial charge on any atom is 0.278 e. The van der Waals surface area contributed by atoms with Crippen LogP contribution in [-0.4, -0.2) is 37.8 Å². The minimum Gasteiger partial charge on any atom is -0.353 e. The van der Waals surface area contributed by atoms with Crippen molar-refractivity contribution >= 4 is 16.0 Å². The quantitative estimate of drug-likeness (QED) is 0.295. The summed E-state index contributed by atoms with van der Waals surface area (Å²) in [5.74, 6) is -0.734. The topological polar surface area (TPSA) is 95.5 Å². The predicted molar refractivity (Wildman–Crippen MR) is 52.2 cm³/mol. The van der Waals surface area contributed by atoms with Crippen LogP contribution in [0.3, 0.4) is 0 Å². The first-order valence-electron chi connectivity index (χ1n) is 4.02. The van der Waals surface area contributed by atoms with E-state index in [2.05, 4.69) is 17.2 Å². The van der Waals surface area contributed by atoms with Crippen molar-refractivity contribution in [2.75, 3.05) is 19.0 Å². The van der Waals surface area contributed by atoms with Crippen molar-refractivity contribution in [1.82, 2.24) is 10.6 Å². The molecule has 0 aromatic rings. The minimum absolute atomic E-state index is 0.264. The van der Waals surface area contributed by atoms with Gasteiger partial charge in [0.05, 0.1) is 0 Å². The van der Waals surface area contributed by atoms with E-state index in [1.54, 1.807) is 0 Å². The summed E-state index contributed by atoms with van der Waals surface area (Å²) in [6, 6.07) is 0. The lowest BCUT2D eigenvalue weighted by atomic mass is 10.4. The molecule has 0 fully saturated rings. The number of hydrogen-bond donors (Lipinski definition) is 3. The molecule has 0 saturated heterocycles. The molecule has 0 spiro atoms. The molecule has 0 saturated carbocycles. The van der Waals surface area contributed by atoms with E-state index in [0.29, 0.717) is 19.5 Å². The molecule has 0 heterocycles. The van der Waals surface area contributed by atoms with Gasteiger partial charge < -0.3 is 10.6 Å². The van der Waals surface area contributed by atoms with Crippen LogP contribution in [0.1, 0.15) is 6.42 Å². The molecule has 82 valence electrons. The highest BCUT2D eigenvalue weighted by Crippen LogP contribution is 1.79. The standard InChI is InChI=1S/C7H14N2O4S/c1-2-7(10)9-5-3-4-8-6-14(11,12)13/h2,8H,1,3-6H2,(H,9,10)(H,11,12,13). The van der Waals surface area contributed by atoms with Crippen LogP contribution >= 0.6 is 0 Å². The van der Waals surface area contributed by atoms with Crippen LogP contribution in [0.4, 0.5) is 0 Å². The number of carbonyl (C=O) groups excluding carboxylic acids is 1. The Morgan fingerprint density at radius 1 is 1.43 bits per heavy atom. The number of amides is 1. The maximum atomic E-state index is 10.6. The van der Waals surface area contributed by atoms with E-state index >= 15 is 0 Å². The largest absolute Gasteiger partial charge is 0.353 e. The first-order chi connectivity index (χ1) is 6.45. The predicted octanol–water partition coefficient (Wildman–Crippen LogP) is -0.886. The molecule has 0 aliphatic carbocycles. The molecule has 7 heteroatoms. The van der Waals surface area contributed by atoms with Gasteiger partial charge in [-0.05, 0) is 19.0 Å². The third kappa shape index (κ3) is 9.17. The molecule has 0 aromatic carbocycles. The average molecular weight is 222 g/mol. The molecule has 0 aliphatic heterocycles. The zero-order chi connectivity index (χ0) is 11.0. The van der Waals surface area contributed by atoms with E-state index in [0.717, 1.165) is 6.08 Å². The van der Waals surface area contributed by atoms with Crippen LogP contribution in [0.25, 0.3) is 0 Å². The van der Waals surface area contributed by atoms with Crippen molar-refractivity contribution in [2.24, 2.45) is 0 Å². The second-order valence-corrected chi connectivity index (χ2v) is 4.03. The highest BCUT2D eigenvalue weighted by molar-refractivity contribution is 7.85. The number of rotatable bonds is 7. The first kappa shape index (κ1) is 13.1. The summed E-state index contributed by atoms with van der Waals surface area (Å²) >= 11 is 0. The second-order valence-electron chi connectivity index (χ2n) is 2.57. The summed E-state index contributed by atoms with van der Waals surface area (Å²) in [5.41, 5.74) is 0. The lowest BCUT2D eigenvalue weighted by Crippen LogP contribution is -2.28. The van der Waals surface area contributed by atoms with Crippen molar-refractivity contribution < 1.29 is 17.8 Å². The maximum absolute atomic E-state index is 10.6. The lowest BCUT2D eigenvalue weighted by molar-refractivity contribution is -0.116. The SMILES string of the molecule is C=CC(=O)NCCCNCS(=O)(=O)O. The zero-order valence-corrected chi connectivity index (χ0v) is 8.51. The van der Waals surface area contributed by atoms with Gasteiger partial charge in [0.15, 0.2) is 0 Å². The summed E-state index contributed by atoms with van der Waals surface area (Å²) in [4.78, 5) is 10.6. The molecule has 0 aromatic heterocycles. The fraction of sp³-hybridized carbons (Fsp3) is 0.571. The van der Waals surface area contributed by atoms with Crippen molar-refractivity contribution in [1.29, 1.82) is 0 Å². The Kier molecular flexibility index (Phi) is 6.09. The molecule has 1 amide bonds. The molecule has 6 nitrogen and oxygen atoms in total. The van der Waals surface area contributed by atoms with E-state index in [-0.39, 0.29) is 5.91 Å². The smallest absolute Gasteiger partial charge is 0.278 e. The Balaban J connectivity index is 3.31. The Morgan fingerprint density at radius 2 is 2.07 bits per heavy atom. The third-order valence-corrected chi connectivity index (χ3v) is 1.87. The lowest BCUT2D eigenvalue weighted by Gasteiger charge is -2.03. The Labute approximate surface area is 83.1 Å². The fourth-order valence-electron chi connectivity index (χ4n) is 0.698. The van der Waals surface area contributed by atoms with Crippen molar-refractivity contribution in [3.05, 3.63) is 12.7 Å². The zero-order valence-electron chi connectivity index (χ0n) is 7.69. The van der Waals surface area contributed by atoms with Gasteiger partial charge in [-0.15, -0.1) is 0 Å². The molecule has 0 rings (SSSR count). The molecular weight excluding hydrogens is 208 g/mol. The van der Waals surface area contributed by atoms with Crippen LogP contribution in [-0.2, 0) is 14.9 Å². The van der Waals surface area contributed by atoms with Crippen LogP contribution in [0.2, 0.25) is 0 Å². The highest BCUT2D eigenvalue weighted by atomic mass is 32.2. The van der Waals surface area contributed by atoms with Crippen LogP contribution in [0, 0.1) is 0 Å². The van der Waals surface area contributed by atoms with Gasteiger partial charge in [-0.25, -0.2) is 0 Å². The number of carbonyl (C=O) groups is 1. The minimum atomic E-state index is -3.95. The van der Waals surface area contributed by atoms with Crippen molar-refractivity contribution in [3.8, 4) is 0 Å². The van der Waals surface area contributed by atoms with Gasteiger partial charge >= 0.3 is 0 Å². The molecule has 0 aliphatic rings. The molecule has 0 radical (unpaired) electrons. The van der Waals surface area contributed by atoms with Crippen LogP contribution in [0.15, 0.2) is 12.7 Å². The van der Waals surface area contributed by atoms with Gasteiger partial charge in [0, 0.05) is 6.54 Å². The second kappa shape index (κ2) is 6.52. The van der Waals surface area contributed by atoms with Gasteiger partial charge in [0.2, 0.25) is 5.91 Å². The fourth-order valence-corrected chi connectivity index (χ4v) is 1.10. The van der Waals surface area contributed by atoms with E-state index in [4.69, 9.17) is 4.55 Å². The number of hydrogen-bond acceptors (Lipinski definition) is 4. The monoisotopic (exact) mass is 222 g/mol. The van der Waals surface area contributed by atoms with Crippen molar-refractivity contribution in [3.63, 3.8) is 0 Å². The molecule has 0 atom stereocenters. The molecular formula is C7H14N2O4S. The first-order valence-corrected chi connectivity index (χ1v) is 5.63. The third-order valence-electron chi connectivity index (χ3n) is 1.30. The molecule has 0 unspecified atom stereocenters. The average Bonchev–Trinajstić information content (AvgIpc) is 2.08. The van der Waals surface area contributed by atoms with Crippen molar-refractivity contribution in [2.45, 2.75) is 6.42 Å². The summed E-state index contributed by atoms with van der Waals surface area (Å²) < 4.78 is 28.8. The van der Waals surface area contributed by atoms with Gasteiger partial charge in [0.1, 0.15) is 5.88 Å². The normalized spacial score (nSPS) is 10.9. The van der Waals surface area contributed by atoms with E-state index in [1.165, 1.54) is 0 Å². The van der Waals surface area contributed by atoms with E-state index < -0.39 is 16.0 Å². The van der Waals surface area contributed by atoms with Crippen LogP contribution in [0.5, 0.6) is 0 Å². The summed E-state index contributed by atoms with van der Waals surface area (Å²) in [5, 5.41) is 5.02. The van der Waals surface area contributed by atoms with Crippen LogP contribution < -0.4 is 10.6 Å². The Bertz CT molecular complexity index is 286. The van der Waals surface area contributed by atoms with Gasteiger partial charge in [-0.3, -0.25) is 9.35 Å². The summed E-state index contributed by atoms with van der Waals surface area (Å²) in [6.07, 6.45) is 1.74. The van der Waals surface area contributed by atoms with Gasteiger partial charge in [-0.2, -0.15) is 8.42 Å². The molecule has 3 N–H and O–H groups in total. The highest BCUT2D eigenvalue weighted by Gasteiger charge is 2.01. The van der Waals surface area contributed by atoms with Gasteiger partial charge in [-0.1, -0.05) is 6.58 Å². The summed E-state index contributed by atoms with van der Waals surface area (Å²) in [6.45, 7) is 4.10. The van der Waals surface area contributed by atoms with E-state index in [1.807, 2.05) is 0 Å². The molecule has 14 heavy (non-hydrogen) atoms. The van der Waals surface area contributed by atoms with Gasteiger partial charge in [0.25, 0.3) is 10.1 Å². The molecule has 0 bridgehead atoms. The Morgan fingerprint density at radius 3 is 2.57 bits per heavy atom. The Hall–Kier alpha value is -0.920.